The summed E-state index contributed by atoms with van der Waals surface area (Å²) in [4.78, 5) is 20.9. The van der Waals surface area contributed by atoms with Crippen molar-refractivity contribution in [3.63, 3.8) is 0 Å². The van der Waals surface area contributed by atoms with E-state index in [2.05, 4.69) is 15.5 Å². The van der Waals surface area contributed by atoms with Crippen LogP contribution in [-0.2, 0) is 16.0 Å². The van der Waals surface area contributed by atoms with Crippen LogP contribution in [0.25, 0.3) is 0 Å². The third-order valence-corrected chi connectivity index (χ3v) is 5.32. The standard InChI is InChI=1S/C23H36FN5O3.HI/c1-5-25-21(29-9-8-18(16-29)27-22(30)32-23(2,3)4)26-15-17-6-7-20(19(24)14-17)28-10-12-31-13-11-28;/h6-7,14,18H,5,8-13,15-16H2,1-4H3,(H,25,26)(H,27,30);1H. The van der Waals surface area contributed by atoms with E-state index >= 15 is 0 Å². The Balaban J connectivity index is 0.00000385. The second-order valence-electron chi connectivity index (χ2n) is 9.13. The summed E-state index contributed by atoms with van der Waals surface area (Å²) >= 11 is 0. The molecule has 2 heterocycles. The lowest BCUT2D eigenvalue weighted by Crippen LogP contribution is -2.44. The number of carbonyl (C=O) groups is 1. The molecule has 1 amide bonds. The molecule has 2 saturated heterocycles. The van der Waals surface area contributed by atoms with Gasteiger partial charge in [0.2, 0.25) is 0 Å². The van der Waals surface area contributed by atoms with Crippen LogP contribution in [0.2, 0.25) is 0 Å². The van der Waals surface area contributed by atoms with E-state index in [-0.39, 0.29) is 35.8 Å². The predicted octanol–water partition coefficient (Wildman–Crippen LogP) is 3.34. The van der Waals surface area contributed by atoms with Crippen LogP contribution in [0.5, 0.6) is 0 Å². The van der Waals surface area contributed by atoms with Gasteiger partial charge in [0, 0.05) is 32.7 Å². The van der Waals surface area contributed by atoms with Crippen molar-refractivity contribution in [2.45, 2.75) is 52.3 Å². The normalized spacial score (nSPS) is 19.2. The van der Waals surface area contributed by atoms with Crippen molar-refractivity contribution in [2.75, 3.05) is 50.8 Å². The average Bonchev–Trinajstić information content (AvgIpc) is 3.18. The molecule has 8 nitrogen and oxygen atoms in total. The van der Waals surface area contributed by atoms with E-state index in [4.69, 9.17) is 14.5 Å². The zero-order valence-corrected chi connectivity index (χ0v) is 22.4. The van der Waals surface area contributed by atoms with E-state index in [9.17, 15) is 9.18 Å². The van der Waals surface area contributed by atoms with Crippen LogP contribution < -0.4 is 15.5 Å². The van der Waals surface area contributed by atoms with Crippen LogP contribution in [0.15, 0.2) is 23.2 Å². The lowest BCUT2D eigenvalue weighted by atomic mass is 10.1. The van der Waals surface area contributed by atoms with E-state index in [1.165, 1.54) is 0 Å². The molecule has 3 rings (SSSR count). The third-order valence-electron chi connectivity index (χ3n) is 5.32. The van der Waals surface area contributed by atoms with Gasteiger partial charge in [-0.25, -0.2) is 14.2 Å². The molecule has 0 saturated carbocycles. The highest BCUT2D eigenvalue weighted by Crippen LogP contribution is 2.22. The molecule has 0 aliphatic carbocycles. The Morgan fingerprint density at radius 2 is 2.00 bits per heavy atom. The fourth-order valence-corrected chi connectivity index (χ4v) is 3.85. The molecule has 1 aromatic carbocycles. The number of likely N-dealkylation sites (tertiary alicyclic amines) is 1. The molecule has 0 bridgehead atoms. The number of aliphatic imine (C=N–C) groups is 1. The largest absolute Gasteiger partial charge is 0.444 e. The molecule has 2 fully saturated rings. The SMILES string of the molecule is CCNC(=NCc1ccc(N2CCOCC2)c(F)c1)N1CCC(NC(=O)OC(C)(C)C)C1.I. The Morgan fingerprint density at radius 1 is 1.27 bits per heavy atom. The summed E-state index contributed by atoms with van der Waals surface area (Å²) < 4.78 is 25.4. The predicted molar refractivity (Wildman–Crippen MR) is 139 cm³/mol. The molecule has 2 aliphatic rings. The molecule has 0 radical (unpaired) electrons. The van der Waals surface area contributed by atoms with Gasteiger partial charge in [0.1, 0.15) is 11.4 Å². The molecule has 1 aromatic rings. The fourth-order valence-electron chi connectivity index (χ4n) is 3.85. The maximum Gasteiger partial charge on any atom is 0.407 e. The van der Waals surface area contributed by atoms with Gasteiger partial charge in [-0.05, 0) is 51.8 Å². The van der Waals surface area contributed by atoms with Crippen LogP contribution in [0.1, 0.15) is 39.7 Å². The number of guanidine groups is 1. The quantitative estimate of drug-likeness (QED) is 0.318. The smallest absolute Gasteiger partial charge is 0.407 e. The summed E-state index contributed by atoms with van der Waals surface area (Å²) in [5.74, 6) is 0.533. The molecular formula is C23H37FIN5O3. The molecule has 1 atom stereocenters. The maximum absolute atomic E-state index is 14.7. The summed E-state index contributed by atoms with van der Waals surface area (Å²) in [6.45, 7) is 12.7. The van der Waals surface area contributed by atoms with Crippen LogP contribution in [0, 0.1) is 5.82 Å². The lowest BCUT2D eigenvalue weighted by molar-refractivity contribution is 0.0507. The van der Waals surface area contributed by atoms with Crippen molar-refractivity contribution < 1.29 is 18.7 Å². The number of carbonyl (C=O) groups excluding carboxylic acids is 1. The second kappa shape index (κ2) is 12.6. The number of alkyl carbamates (subject to hydrolysis) is 1. The van der Waals surface area contributed by atoms with Gasteiger partial charge in [0.15, 0.2) is 5.96 Å². The second-order valence-corrected chi connectivity index (χ2v) is 9.13. The van der Waals surface area contributed by atoms with Gasteiger partial charge in [-0.1, -0.05) is 6.07 Å². The van der Waals surface area contributed by atoms with Gasteiger partial charge < -0.3 is 29.9 Å². The molecule has 2 N–H and O–H groups in total. The minimum Gasteiger partial charge on any atom is -0.444 e. The number of ether oxygens (including phenoxy) is 2. The first-order chi connectivity index (χ1) is 15.2. The Bertz CT molecular complexity index is 812. The summed E-state index contributed by atoms with van der Waals surface area (Å²) in [6.07, 6.45) is 0.411. The van der Waals surface area contributed by atoms with Crippen LogP contribution >= 0.6 is 24.0 Å². The summed E-state index contributed by atoms with van der Waals surface area (Å²) in [5, 5.41) is 6.23. The molecule has 0 aromatic heterocycles. The Kier molecular flexibility index (Phi) is 10.5. The van der Waals surface area contributed by atoms with E-state index < -0.39 is 11.7 Å². The summed E-state index contributed by atoms with van der Waals surface area (Å²) in [7, 11) is 0. The van der Waals surface area contributed by atoms with Crippen molar-refractivity contribution in [1.82, 2.24) is 15.5 Å². The molecule has 1 unspecified atom stereocenters. The third kappa shape index (κ3) is 8.47. The maximum atomic E-state index is 14.7. The lowest BCUT2D eigenvalue weighted by Gasteiger charge is -2.29. The number of nitrogens with one attached hydrogen (secondary N) is 2. The molecular weight excluding hydrogens is 540 g/mol. The van der Waals surface area contributed by atoms with Crippen molar-refractivity contribution in [3.8, 4) is 0 Å². The summed E-state index contributed by atoms with van der Waals surface area (Å²) in [6, 6.07) is 5.32. The van der Waals surface area contributed by atoms with Crippen LogP contribution in [0.4, 0.5) is 14.9 Å². The van der Waals surface area contributed by atoms with Gasteiger partial charge in [-0.3, -0.25) is 0 Å². The number of morpholine rings is 1. The number of rotatable bonds is 5. The highest BCUT2D eigenvalue weighted by Gasteiger charge is 2.28. The van der Waals surface area contributed by atoms with E-state index in [0.29, 0.717) is 45.1 Å². The van der Waals surface area contributed by atoms with Gasteiger partial charge in [-0.15, -0.1) is 24.0 Å². The molecule has 10 heteroatoms. The zero-order valence-electron chi connectivity index (χ0n) is 20.0. The van der Waals surface area contributed by atoms with E-state index in [0.717, 1.165) is 31.0 Å². The minimum absolute atomic E-state index is 0. The zero-order chi connectivity index (χ0) is 23.1. The first-order valence-corrected chi connectivity index (χ1v) is 11.4. The van der Waals surface area contributed by atoms with Gasteiger partial charge in [0.25, 0.3) is 0 Å². The molecule has 2 aliphatic heterocycles. The van der Waals surface area contributed by atoms with Crippen molar-refractivity contribution in [1.29, 1.82) is 0 Å². The molecule has 186 valence electrons. The fraction of sp³-hybridized carbons (Fsp3) is 0.652. The van der Waals surface area contributed by atoms with Crippen molar-refractivity contribution in [3.05, 3.63) is 29.6 Å². The first-order valence-electron chi connectivity index (χ1n) is 11.4. The Hall–Kier alpha value is -1.82. The number of hydrogen-bond donors (Lipinski definition) is 2. The monoisotopic (exact) mass is 577 g/mol. The Labute approximate surface area is 213 Å². The van der Waals surface area contributed by atoms with Crippen LogP contribution in [0.3, 0.4) is 0 Å². The van der Waals surface area contributed by atoms with Gasteiger partial charge >= 0.3 is 6.09 Å². The van der Waals surface area contributed by atoms with Crippen molar-refractivity contribution >= 4 is 41.7 Å². The summed E-state index contributed by atoms with van der Waals surface area (Å²) in [5.41, 5.74) is 0.909. The number of amides is 1. The number of hydrogen-bond acceptors (Lipinski definition) is 5. The Morgan fingerprint density at radius 3 is 2.64 bits per heavy atom. The first kappa shape index (κ1) is 27.4. The molecule has 33 heavy (non-hydrogen) atoms. The highest BCUT2D eigenvalue weighted by atomic mass is 127. The molecule has 0 spiro atoms. The number of halogens is 2. The highest BCUT2D eigenvalue weighted by molar-refractivity contribution is 14.0. The topological polar surface area (TPSA) is 78.4 Å². The number of benzene rings is 1. The van der Waals surface area contributed by atoms with E-state index in [1.807, 2.05) is 44.7 Å². The van der Waals surface area contributed by atoms with Crippen LogP contribution in [-0.4, -0.2) is 74.5 Å². The van der Waals surface area contributed by atoms with E-state index in [1.54, 1.807) is 6.07 Å². The van der Waals surface area contributed by atoms with Crippen molar-refractivity contribution in [2.24, 2.45) is 4.99 Å². The number of anilines is 1. The average molecular weight is 577 g/mol. The number of nitrogens with zero attached hydrogens (tertiary/aromatic N) is 3. The minimum atomic E-state index is -0.522. The van der Waals surface area contributed by atoms with Gasteiger partial charge in [0.05, 0.1) is 31.5 Å². The van der Waals surface area contributed by atoms with Gasteiger partial charge in [-0.2, -0.15) is 0 Å².